The minimum absolute atomic E-state index is 0.563. The molecule has 7 heteroatoms. The topological polar surface area (TPSA) is 79.0 Å². The van der Waals surface area contributed by atoms with Crippen molar-refractivity contribution >= 4 is 11.6 Å². The van der Waals surface area contributed by atoms with Gasteiger partial charge in [-0.2, -0.15) is 10.1 Å². The van der Waals surface area contributed by atoms with Crippen molar-refractivity contribution in [1.82, 2.24) is 25.1 Å². The number of aromatic amines is 1. The van der Waals surface area contributed by atoms with E-state index in [1.54, 1.807) is 0 Å². The quantitative estimate of drug-likeness (QED) is 0.551. The molecule has 1 aliphatic rings. The Morgan fingerprint density at radius 1 is 1.11 bits per heavy atom. The van der Waals surface area contributed by atoms with E-state index in [1.807, 2.05) is 36.4 Å². The lowest BCUT2D eigenvalue weighted by Crippen LogP contribution is -2.15. The second kappa shape index (κ2) is 8.39. The first-order valence-corrected chi connectivity index (χ1v) is 9.72. The summed E-state index contributed by atoms with van der Waals surface area (Å²) in [5.74, 6) is 3.26. The van der Waals surface area contributed by atoms with Gasteiger partial charge < -0.3 is 15.0 Å². The van der Waals surface area contributed by atoms with E-state index in [-0.39, 0.29) is 0 Å². The Morgan fingerprint density at radius 3 is 2.68 bits per heavy atom. The van der Waals surface area contributed by atoms with Gasteiger partial charge in [-0.15, -0.1) is 0 Å². The highest BCUT2D eigenvalue weighted by molar-refractivity contribution is 5.61. The summed E-state index contributed by atoms with van der Waals surface area (Å²) in [6.07, 6.45) is 3.40. The lowest BCUT2D eigenvalue weighted by atomic mass is 10.2. The molecule has 4 rings (SSSR count). The van der Waals surface area contributed by atoms with Gasteiger partial charge in [0.25, 0.3) is 0 Å². The van der Waals surface area contributed by atoms with Crippen molar-refractivity contribution in [2.24, 2.45) is 0 Å². The molecule has 1 aromatic carbocycles. The fourth-order valence-corrected chi connectivity index (χ4v) is 2.97. The molecule has 0 atom stereocenters. The van der Waals surface area contributed by atoms with Gasteiger partial charge in [0.15, 0.2) is 11.6 Å². The van der Waals surface area contributed by atoms with Crippen molar-refractivity contribution in [3.05, 3.63) is 48.2 Å². The number of benzene rings is 1. The van der Waals surface area contributed by atoms with E-state index in [2.05, 4.69) is 50.5 Å². The first kappa shape index (κ1) is 18.4. The molecule has 2 heterocycles. The van der Waals surface area contributed by atoms with Crippen LogP contribution in [0, 0.1) is 0 Å². The van der Waals surface area contributed by atoms with Gasteiger partial charge in [-0.3, -0.25) is 5.10 Å². The first-order valence-electron chi connectivity index (χ1n) is 9.72. The Labute approximate surface area is 165 Å². The Balaban J connectivity index is 1.53. The second-order valence-electron chi connectivity index (χ2n) is 7.39. The number of hydrogen-bond acceptors (Lipinski definition) is 6. The summed E-state index contributed by atoms with van der Waals surface area (Å²) in [7, 11) is 4.11. The molecule has 28 heavy (non-hydrogen) atoms. The van der Waals surface area contributed by atoms with E-state index in [9.17, 15) is 0 Å². The van der Waals surface area contributed by atoms with E-state index in [1.165, 1.54) is 18.5 Å². The van der Waals surface area contributed by atoms with E-state index in [0.29, 0.717) is 30.0 Å². The summed E-state index contributed by atoms with van der Waals surface area (Å²) in [6, 6.07) is 13.8. The maximum absolute atomic E-state index is 5.90. The Morgan fingerprint density at radius 2 is 1.93 bits per heavy atom. The molecule has 1 fully saturated rings. The van der Waals surface area contributed by atoms with Gasteiger partial charge in [0, 0.05) is 35.9 Å². The molecule has 0 saturated heterocycles. The van der Waals surface area contributed by atoms with Gasteiger partial charge in [0.2, 0.25) is 5.88 Å². The van der Waals surface area contributed by atoms with Crippen LogP contribution in [0.1, 0.15) is 30.9 Å². The van der Waals surface area contributed by atoms with Crippen LogP contribution in [0.5, 0.6) is 5.88 Å². The van der Waals surface area contributed by atoms with E-state index in [4.69, 9.17) is 4.74 Å². The van der Waals surface area contributed by atoms with Crippen LogP contribution in [-0.4, -0.2) is 52.3 Å². The van der Waals surface area contributed by atoms with Gasteiger partial charge in [-0.05, 0) is 33.4 Å². The maximum atomic E-state index is 5.90. The molecular formula is C21H26N6O. The molecule has 2 aromatic heterocycles. The SMILES string of the molecule is CN(C)CCCOc1cc(Nc2cc(C3CC3)[nH]n2)nc(-c2ccccc2)n1. The molecule has 0 amide bonds. The Kier molecular flexibility index (Phi) is 5.53. The predicted molar refractivity (Wildman–Crippen MR) is 110 cm³/mol. The molecule has 0 unspecified atom stereocenters. The number of H-pyrrole nitrogens is 1. The summed E-state index contributed by atoms with van der Waals surface area (Å²) in [5.41, 5.74) is 2.13. The van der Waals surface area contributed by atoms with Crippen LogP contribution >= 0.6 is 0 Å². The molecule has 0 spiro atoms. The van der Waals surface area contributed by atoms with Gasteiger partial charge in [0.05, 0.1) is 6.61 Å². The number of hydrogen-bond donors (Lipinski definition) is 2. The molecule has 0 bridgehead atoms. The molecule has 0 aliphatic heterocycles. The van der Waals surface area contributed by atoms with Gasteiger partial charge in [-0.25, -0.2) is 4.98 Å². The van der Waals surface area contributed by atoms with Crippen LogP contribution in [0.25, 0.3) is 11.4 Å². The minimum Gasteiger partial charge on any atom is -0.477 e. The van der Waals surface area contributed by atoms with Crippen molar-refractivity contribution in [2.45, 2.75) is 25.2 Å². The van der Waals surface area contributed by atoms with Gasteiger partial charge in [0.1, 0.15) is 5.82 Å². The van der Waals surface area contributed by atoms with Crippen molar-refractivity contribution in [2.75, 3.05) is 32.6 Å². The van der Waals surface area contributed by atoms with Crippen LogP contribution < -0.4 is 10.1 Å². The molecule has 2 N–H and O–H groups in total. The van der Waals surface area contributed by atoms with E-state index < -0.39 is 0 Å². The number of anilines is 2. The van der Waals surface area contributed by atoms with E-state index >= 15 is 0 Å². The van der Waals surface area contributed by atoms with Crippen LogP contribution in [-0.2, 0) is 0 Å². The zero-order chi connectivity index (χ0) is 19.3. The third-order valence-electron chi connectivity index (χ3n) is 4.61. The summed E-state index contributed by atoms with van der Waals surface area (Å²) < 4.78 is 5.90. The normalized spacial score (nSPS) is 13.7. The van der Waals surface area contributed by atoms with Crippen molar-refractivity contribution in [1.29, 1.82) is 0 Å². The van der Waals surface area contributed by atoms with Crippen molar-refractivity contribution in [3.63, 3.8) is 0 Å². The Hall–Kier alpha value is -2.93. The summed E-state index contributed by atoms with van der Waals surface area (Å²) in [6.45, 7) is 1.58. The van der Waals surface area contributed by atoms with Crippen LogP contribution in [0.3, 0.4) is 0 Å². The molecule has 146 valence electrons. The first-order chi connectivity index (χ1) is 13.7. The number of rotatable bonds is 9. The minimum atomic E-state index is 0.563. The summed E-state index contributed by atoms with van der Waals surface area (Å²) >= 11 is 0. The highest BCUT2D eigenvalue weighted by Gasteiger charge is 2.25. The smallest absolute Gasteiger partial charge is 0.219 e. The average Bonchev–Trinajstić information content (AvgIpc) is 3.45. The zero-order valence-corrected chi connectivity index (χ0v) is 16.4. The highest BCUT2D eigenvalue weighted by Crippen LogP contribution is 2.39. The zero-order valence-electron chi connectivity index (χ0n) is 16.4. The average molecular weight is 378 g/mol. The van der Waals surface area contributed by atoms with Crippen LogP contribution in [0.4, 0.5) is 11.6 Å². The lowest BCUT2D eigenvalue weighted by molar-refractivity contribution is 0.273. The van der Waals surface area contributed by atoms with Crippen LogP contribution in [0.15, 0.2) is 42.5 Å². The molecule has 3 aromatic rings. The molecule has 0 radical (unpaired) electrons. The second-order valence-corrected chi connectivity index (χ2v) is 7.39. The van der Waals surface area contributed by atoms with E-state index in [0.717, 1.165) is 24.3 Å². The summed E-state index contributed by atoms with van der Waals surface area (Å²) in [5, 5.41) is 10.8. The third-order valence-corrected chi connectivity index (χ3v) is 4.61. The number of nitrogens with one attached hydrogen (secondary N) is 2. The van der Waals surface area contributed by atoms with Crippen molar-refractivity contribution < 1.29 is 4.74 Å². The molecule has 7 nitrogen and oxygen atoms in total. The van der Waals surface area contributed by atoms with Gasteiger partial charge in [-0.1, -0.05) is 30.3 Å². The van der Waals surface area contributed by atoms with Gasteiger partial charge >= 0.3 is 0 Å². The lowest BCUT2D eigenvalue weighted by Gasteiger charge is -2.12. The standard InChI is InChI=1S/C21H26N6O/c1-27(2)11-6-12-28-20-14-18(22-19-13-17(25-26-19)15-9-10-15)23-21(24-20)16-7-4-3-5-8-16/h3-5,7-8,13-15H,6,9-12H2,1-2H3,(H2,22,23,24,25,26). The highest BCUT2D eigenvalue weighted by atomic mass is 16.5. The molecule has 1 saturated carbocycles. The Bertz CT molecular complexity index is 904. The van der Waals surface area contributed by atoms with Crippen LogP contribution in [0.2, 0.25) is 0 Å². The fourth-order valence-electron chi connectivity index (χ4n) is 2.97. The number of aromatic nitrogens is 4. The fraction of sp³-hybridized carbons (Fsp3) is 0.381. The van der Waals surface area contributed by atoms with Crippen molar-refractivity contribution in [3.8, 4) is 17.3 Å². The summed E-state index contributed by atoms with van der Waals surface area (Å²) in [4.78, 5) is 11.4. The monoisotopic (exact) mass is 378 g/mol. The predicted octanol–water partition coefficient (Wildman–Crippen LogP) is 3.82. The third kappa shape index (κ3) is 4.86. The number of ether oxygens (including phenoxy) is 1. The maximum Gasteiger partial charge on any atom is 0.219 e. The molecular weight excluding hydrogens is 352 g/mol. The number of nitrogens with zero attached hydrogens (tertiary/aromatic N) is 4. The largest absolute Gasteiger partial charge is 0.477 e. The molecule has 1 aliphatic carbocycles.